The summed E-state index contributed by atoms with van der Waals surface area (Å²) < 4.78 is 1.69. The molecule has 2 aromatic heterocycles. The molecule has 0 fully saturated rings. The van der Waals surface area contributed by atoms with Crippen molar-refractivity contribution in [1.29, 1.82) is 0 Å². The zero-order valence-electron chi connectivity index (χ0n) is 13.9. The number of thiazole rings is 1. The number of amides is 1. The van der Waals surface area contributed by atoms with Gasteiger partial charge in [0.2, 0.25) is 0 Å². The standard InChI is InChI=1S/C15H23N5OS.ClH/c1-15(2,3)8-10-7-12(20(4)19-10)18-14(21)11-9-22-13(17-11)5-6-16;/h7,9H,5-6,8,16H2,1-4H3,(H,18,21);1H. The predicted octanol–water partition coefficient (Wildman–Crippen LogP) is 2.64. The molecule has 0 atom stereocenters. The summed E-state index contributed by atoms with van der Waals surface area (Å²) in [5.74, 6) is 0.461. The molecule has 2 rings (SSSR count). The first-order valence-corrected chi connectivity index (χ1v) is 8.15. The zero-order chi connectivity index (χ0) is 16.3. The molecule has 0 aliphatic carbocycles. The lowest BCUT2D eigenvalue weighted by molar-refractivity contribution is 0.102. The number of carbonyl (C=O) groups is 1. The molecule has 128 valence electrons. The third-order valence-electron chi connectivity index (χ3n) is 3.03. The number of anilines is 1. The van der Waals surface area contributed by atoms with Gasteiger partial charge in [-0.25, -0.2) is 4.98 Å². The summed E-state index contributed by atoms with van der Waals surface area (Å²) in [6, 6.07) is 1.91. The van der Waals surface area contributed by atoms with Crippen molar-refractivity contribution < 1.29 is 4.79 Å². The van der Waals surface area contributed by atoms with Gasteiger partial charge in [-0.05, 0) is 18.4 Å². The molecule has 2 heterocycles. The number of hydrogen-bond acceptors (Lipinski definition) is 5. The predicted molar refractivity (Wildman–Crippen MR) is 96.4 cm³/mol. The SMILES string of the molecule is Cl.Cn1nc(CC(C)(C)C)cc1NC(=O)c1csc(CCN)n1. The average molecular weight is 358 g/mol. The number of halogens is 1. The van der Waals surface area contributed by atoms with Gasteiger partial charge in [-0.3, -0.25) is 9.48 Å². The normalized spacial score (nSPS) is 11.2. The first kappa shape index (κ1) is 19.6. The fourth-order valence-corrected chi connectivity index (χ4v) is 2.90. The van der Waals surface area contributed by atoms with Crippen molar-refractivity contribution in [3.63, 3.8) is 0 Å². The van der Waals surface area contributed by atoms with E-state index in [1.54, 1.807) is 10.1 Å². The summed E-state index contributed by atoms with van der Waals surface area (Å²) in [6.07, 6.45) is 1.55. The Morgan fingerprint density at radius 3 is 2.74 bits per heavy atom. The van der Waals surface area contributed by atoms with E-state index in [9.17, 15) is 4.79 Å². The number of aromatic nitrogens is 3. The van der Waals surface area contributed by atoms with Gasteiger partial charge in [0.15, 0.2) is 0 Å². The highest BCUT2D eigenvalue weighted by molar-refractivity contribution is 7.09. The largest absolute Gasteiger partial charge is 0.330 e. The van der Waals surface area contributed by atoms with E-state index in [4.69, 9.17) is 5.73 Å². The topological polar surface area (TPSA) is 85.8 Å². The van der Waals surface area contributed by atoms with E-state index in [-0.39, 0.29) is 23.7 Å². The highest BCUT2D eigenvalue weighted by Gasteiger charge is 2.17. The molecule has 0 bridgehead atoms. The smallest absolute Gasteiger partial charge is 0.276 e. The van der Waals surface area contributed by atoms with Crippen molar-refractivity contribution in [2.45, 2.75) is 33.6 Å². The third kappa shape index (κ3) is 5.60. The summed E-state index contributed by atoms with van der Waals surface area (Å²) in [4.78, 5) is 16.5. The quantitative estimate of drug-likeness (QED) is 0.861. The van der Waals surface area contributed by atoms with Crippen molar-refractivity contribution in [2.24, 2.45) is 18.2 Å². The molecule has 0 unspecified atom stereocenters. The van der Waals surface area contributed by atoms with Crippen LogP contribution in [-0.2, 0) is 19.9 Å². The van der Waals surface area contributed by atoms with Crippen molar-refractivity contribution in [1.82, 2.24) is 14.8 Å². The number of aryl methyl sites for hydroxylation is 1. The fourth-order valence-electron chi connectivity index (χ4n) is 2.11. The second-order valence-electron chi connectivity index (χ2n) is 6.50. The second-order valence-corrected chi connectivity index (χ2v) is 7.44. The Hall–Kier alpha value is -1.44. The molecule has 0 aromatic carbocycles. The van der Waals surface area contributed by atoms with Gasteiger partial charge in [0.1, 0.15) is 11.5 Å². The molecule has 0 aliphatic heterocycles. The maximum Gasteiger partial charge on any atom is 0.276 e. The number of rotatable bonds is 5. The van der Waals surface area contributed by atoms with Gasteiger partial charge in [-0.2, -0.15) is 5.10 Å². The van der Waals surface area contributed by atoms with Gasteiger partial charge >= 0.3 is 0 Å². The molecule has 2 aromatic rings. The van der Waals surface area contributed by atoms with Crippen molar-refractivity contribution in [3.8, 4) is 0 Å². The van der Waals surface area contributed by atoms with Gasteiger partial charge in [-0.15, -0.1) is 23.7 Å². The monoisotopic (exact) mass is 357 g/mol. The first-order chi connectivity index (χ1) is 10.3. The molecular weight excluding hydrogens is 334 g/mol. The van der Waals surface area contributed by atoms with E-state index in [0.29, 0.717) is 24.5 Å². The summed E-state index contributed by atoms with van der Waals surface area (Å²) >= 11 is 1.46. The second kappa shape index (κ2) is 7.90. The van der Waals surface area contributed by atoms with Gasteiger partial charge in [0, 0.05) is 24.9 Å². The summed E-state index contributed by atoms with van der Waals surface area (Å²) in [5, 5.41) is 9.94. The molecule has 0 radical (unpaired) electrons. The molecule has 23 heavy (non-hydrogen) atoms. The minimum Gasteiger partial charge on any atom is -0.330 e. The highest BCUT2D eigenvalue weighted by Crippen LogP contribution is 2.22. The molecule has 1 amide bonds. The van der Waals surface area contributed by atoms with Crippen LogP contribution in [-0.4, -0.2) is 27.2 Å². The molecule has 6 nitrogen and oxygen atoms in total. The lowest BCUT2D eigenvalue weighted by atomic mass is 9.91. The Morgan fingerprint density at radius 2 is 2.13 bits per heavy atom. The molecule has 0 aliphatic rings. The van der Waals surface area contributed by atoms with E-state index in [1.807, 2.05) is 13.1 Å². The van der Waals surface area contributed by atoms with Gasteiger partial charge in [0.25, 0.3) is 5.91 Å². The van der Waals surface area contributed by atoms with E-state index in [2.05, 4.69) is 36.2 Å². The minimum absolute atomic E-state index is 0. The first-order valence-electron chi connectivity index (χ1n) is 7.27. The summed E-state index contributed by atoms with van der Waals surface area (Å²) in [6.45, 7) is 7.02. The Bertz CT molecular complexity index is 659. The number of carbonyl (C=O) groups excluding carboxylic acids is 1. The Kier molecular flexibility index (Phi) is 6.73. The van der Waals surface area contributed by atoms with Crippen LogP contribution in [0.5, 0.6) is 0 Å². The number of nitrogens with two attached hydrogens (primary N) is 1. The lowest BCUT2D eigenvalue weighted by Crippen LogP contribution is -2.15. The van der Waals surface area contributed by atoms with Crippen molar-refractivity contribution in [2.75, 3.05) is 11.9 Å². The van der Waals surface area contributed by atoms with Crippen LogP contribution in [0, 0.1) is 5.41 Å². The van der Waals surface area contributed by atoms with Crippen LogP contribution >= 0.6 is 23.7 Å². The third-order valence-corrected chi connectivity index (χ3v) is 3.93. The van der Waals surface area contributed by atoms with Gasteiger partial charge in [0.05, 0.1) is 10.7 Å². The molecule has 0 saturated heterocycles. The Labute approximate surface area is 146 Å². The fraction of sp³-hybridized carbons (Fsp3) is 0.533. The lowest BCUT2D eigenvalue weighted by Gasteiger charge is -2.15. The molecular formula is C15H24ClN5OS. The highest BCUT2D eigenvalue weighted by atomic mass is 35.5. The van der Waals surface area contributed by atoms with Crippen LogP contribution < -0.4 is 11.1 Å². The number of hydrogen-bond donors (Lipinski definition) is 2. The summed E-state index contributed by atoms with van der Waals surface area (Å²) in [7, 11) is 1.82. The Balaban J connectivity index is 0.00000264. The number of nitrogens with zero attached hydrogens (tertiary/aromatic N) is 3. The summed E-state index contributed by atoms with van der Waals surface area (Å²) in [5.41, 5.74) is 7.04. The van der Waals surface area contributed by atoms with E-state index < -0.39 is 0 Å². The van der Waals surface area contributed by atoms with Crippen LogP contribution in [0.1, 0.15) is 42.0 Å². The molecule has 0 spiro atoms. The van der Waals surface area contributed by atoms with Crippen molar-refractivity contribution in [3.05, 3.63) is 27.8 Å². The van der Waals surface area contributed by atoms with Crippen LogP contribution in [0.2, 0.25) is 0 Å². The zero-order valence-corrected chi connectivity index (χ0v) is 15.6. The molecule has 8 heteroatoms. The average Bonchev–Trinajstić information content (AvgIpc) is 2.96. The maximum atomic E-state index is 12.2. The van der Waals surface area contributed by atoms with Crippen LogP contribution in [0.4, 0.5) is 5.82 Å². The van der Waals surface area contributed by atoms with E-state index in [1.165, 1.54) is 11.3 Å². The maximum absolute atomic E-state index is 12.2. The Morgan fingerprint density at radius 1 is 1.43 bits per heavy atom. The molecule has 0 saturated carbocycles. The van der Waals surface area contributed by atoms with Crippen LogP contribution in [0.15, 0.2) is 11.4 Å². The van der Waals surface area contributed by atoms with E-state index >= 15 is 0 Å². The van der Waals surface area contributed by atoms with Gasteiger partial charge < -0.3 is 11.1 Å². The van der Waals surface area contributed by atoms with Crippen LogP contribution in [0.25, 0.3) is 0 Å². The number of nitrogens with one attached hydrogen (secondary N) is 1. The van der Waals surface area contributed by atoms with Crippen LogP contribution in [0.3, 0.4) is 0 Å². The minimum atomic E-state index is -0.218. The van der Waals surface area contributed by atoms with E-state index in [0.717, 1.165) is 17.1 Å². The molecule has 3 N–H and O–H groups in total. The van der Waals surface area contributed by atoms with Gasteiger partial charge in [-0.1, -0.05) is 20.8 Å². The van der Waals surface area contributed by atoms with Crippen molar-refractivity contribution >= 4 is 35.5 Å².